The molecule has 0 saturated carbocycles. The number of anilines is 1. The summed E-state index contributed by atoms with van der Waals surface area (Å²) in [6.07, 6.45) is 2.43. The lowest BCUT2D eigenvalue weighted by atomic mass is 10.1. The predicted molar refractivity (Wildman–Crippen MR) is 68.0 cm³/mol. The van der Waals surface area contributed by atoms with Crippen molar-refractivity contribution in [2.75, 3.05) is 23.4 Å². The highest BCUT2D eigenvalue weighted by molar-refractivity contribution is 7.99. The van der Waals surface area contributed by atoms with Crippen molar-refractivity contribution in [1.82, 2.24) is 9.78 Å². The van der Waals surface area contributed by atoms with Crippen molar-refractivity contribution < 1.29 is 5.11 Å². The smallest absolute Gasteiger partial charge is 0.124 e. The van der Waals surface area contributed by atoms with E-state index >= 15 is 0 Å². The molecule has 1 aliphatic heterocycles. The number of aromatic nitrogens is 2. The van der Waals surface area contributed by atoms with Gasteiger partial charge in [-0.3, -0.25) is 0 Å². The van der Waals surface area contributed by atoms with E-state index in [-0.39, 0.29) is 6.61 Å². The molecule has 0 atom stereocenters. The van der Waals surface area contributed by atoms with Crippen LogP contribution in [0.15, 0.2) is 6.07 Å². The van der Waals surface area contributed by atoms with Gasteiger partial charge in [0.25, 0.3) is 0 Å². The number of thioether (sulfide) groups is 1. The molecule has 90 valence electrons. The van der Waals surface area contributed by atoms with E-state index in [1.807, 2.05) is 23.4 Å². The number of aryl methyl sites for hydroxylation is 1. The van der Waals surface area contributed by atoms with Gasteiger partial charge in [0.15, 0.2) is 0 Å². The second kappa shape index (κ2) is 5.59. The van der Waals surface area contributed by atoms with Crippen LogP contribution in [0, 0.1) is 6.92 Å². The standard InChI is InChI=1S/C11H19N3OS/c1-9-8-11(14(13-9)4-5-15)12-10-2-6-16-7-3-10/h8,10,12,15H,2-7H2,1H3. The Bertz CT molecular complexity index is 334. The number of hydrogen-bond acceptors (Lipinski definition) is 4. The zero-order valence-corrected chi connectivity index (χ0v) is 10.5. The summed E-state index contributed by atoms with van der Waals surface area (Å²) < 4.78 is 1.86. The fourth-order valence-electron chi connectivity index (χ4n) is 1.98. The average molecular weight is 241 g/mol. The van der Waals surface area contributed by atoms with E-state index in [1.165, 1.54) is 24.3 Å². The van der Waals surface area contributed by atoms with E-state index in [0.717, 1.165) is 11.5 Å². The van der Waals surface area contributed by atoms with Gasteiger partial charge >= 0.3 is 0 Å². The van der Waals surface area contributed by atoms with Crippen molar-refractivity contribution in [3.8, 4) is 0 Å². The van der Waals surface area contributed by atoms with Crippen molar-refractivity contribution in [3.05, 3.63) is 11.8 Å². The van der Waals surface area contributed by atoms with Crippen LogP contribution in [0.1, 0.15) is 18.5 Å². The van der Waals surface area contributed by atoms with Crippen molar-refractivity contribution in [2.45, 2.75) is 32.4 Å². The summed E-state index contributed by atoms with van der Waals surface area (Å²) in [6, 6.07) is 2.62. The zero-order valence-electron chi connectivity index (χ0n) is 9.65. The van der Waals surface area contributed by atoms with Gasteiger partial charge in [-0.15, -0.1) is 0 Å². The minimum atomic E-state index is 0.135. The van der Waals surface area contributed by atoms with Gasteiger partial charge < -0.3 is 10.4 Å². The third-order valence-electron chi connectivity index (χ3n) is 2.79. The van der Waals surface area contributed by atoms with Crippen molar-refractivity contribution in [1.29, 1.82) is 0 Å². The van der Waals surface area contributed by atoms with Crippen LogP contribution in [0.25, 0.3) is 0 Å². The van der Waals surface area contributed by atoms with Gasteiger partial charge in [0.2, 0.25) is 0 Å². The highest BCUT2D eigenvalue weighted by Gasteiger charge is 2.15. The average Bonchev–Trinajstić information content (AvgIpc) is 2.61. The third-order valence-corrected chi connectivity index (χ3v) is 3.84. The van der Waals surface area contributed by atoms with E-state index in [2.05, 4.69) is 16.5 Å². The third kappa shape index (κ3) is 2.92. The largest absolute Gasteiger partial charge is 0.394 e. The minimum Gasteiger partial charge on any atom is -0.394 e. The van der Waals surface area contributed by atoms with E-state index in [9.17, 15) is 0 Å². The molecule has 0 radical (unpaired) electrons. The molecule has 1 aromatic heterocycles. The molecule has 1 aromatic rings. The Balaban J connectivity index is 2.01. The summed E-state index contributed by atoms with van der Waals surface area (Å²) >= 11 is 2.03. The first kappa shape index (κ1) is 11.8. The molecule has 1 aliphatic rings. The molecule has 4 nitrogen and oxygen atoms in total. The Kier molecular flexibility index (Phi) is 4.12. The van der Waals surface area contributed by atoms with Crippen LogP contribution in [0.5, 0.6) is 0 Å². The molecule has 0 aliphatic carbocycles. The molecule has 0 amide bonds. The Morgan fingerprint density at radius 1 is 1.56 bits per heavy atom. The molecular weight excluding hydrogens is 222 g/mol. The molecule has 0 bridgehead atoms. The molecule has 1 saturated heterocycles. The summed E-state index contributed by atoms with van der Waals surface area (Å²) in [5, 5.41) is 16.9. The normalized spacial score (nSPS) is 17.6. The minimum absolute atomic E-state index is 0.135. The Labute approximate surface area is 100 Å². The Morgan fingerprint density at radius 3 is 3.00 bits per heavy atom. The Hall–Kier alpha value is -0.680. The molecule has 2 N–H and O–H groups in total. The number of nitrogens with zero attached hydrogens (tertiary/aromatic N) is 2. The number of aliphatic hydroxyl groups excluding tert-OH is 1. The maximum atomic E-state index is 8.97. The maximum Gasteiger partial charge on any atom is 0.124 e. The molecule has 1 fully saturated rings. The molecule has 0 aromatic carbocycles. The van der Waals surface area contributed by atoms with Gasteiger partial charge in [-0.05, 0) is 31.3 Å². The summed E-state index contributed by atoms with van der Waals surface area (Å²) in [4.78, 5) is 0. The van der Waals surface area contributed by atoms with Gasteiger partial charge in [-0.2, -0.15) is 16.9 Å². The van der Waals surface area contributed by atoms with Gasteiger partial charge in [-0.25, -0.2) is 4.68 Å². The SMILES string of the molecule is Cc1cc(NC2CCSCC2)n(CCO)n1. The molecule has 5 heteroatoms. The Morgan fingerprint density at radius 2 is 2.31 bits per heavy atom. The summed E-state index contributed by atoms with van der Waals surface area (Å²) in [5.41, 5.74) is 1.00. The fourth-order valence-corrected chi connectivity index (χ4v) is 3.08. The monoisotopic (exact) mass is 241 g/mol. The first-order chi connectivity index (χ1) is 7.79. The van der Waals surface area contributed by atoms with Crippen molar-refractivity contribution in [2.24, 2.45) is 0 Å². The fraction of sp³-hybridized carbons (Fsp3) is 0.727. The van der Waals surface area contributed by atoms with Crippen molar-refractivity contribution >= 4 is 17.6 Å². The van der Waals surface area contributed by atoms with Crippen LogP contribution in [0.4, 0.5) is 5.82 Å². The summed E-state index contributed by atoms with van der Waals surface area (Å²) in [5.74, 6) is 3.53. The van der Waals surface area contributed by atoms with Gasteiger partial charge in [0.1, 0.15) is 5.82 Å². The van der Waals surface area contributed by atoms with Gasteiger partial charge in [0, 0.05) is 12.1 Å². The molecule has 16 heavy (non-hydrogen) atoms. The van der Waals surface area contributed by atoms with Crippen LogP contribution >= 0.6 is 11.8 Å². The number of hydrogen-bond donors (Lipinski definition) is 2. The highest BCUT2D eigenvalue weighted by Crippen LogP contribution is 2.21. The second-order valence-corrected chi connectivity index (χ2v) is 5.37. The first-order valence-electron chi connectivity index (χ1n) is 5.79. The topological polar surface area (TPSA) is 50.1 Å². The molecule has 2 heterocycles. The first-order valence-corrected chi connectivity index (χ1v) is 6.94. The number of nitrogens with one attached hydrogen (secondary N) is 1. The lowest BCUT2D eigenvalue weighted by molar-refractivity contribution is 0.270. The van der Waals surface area contributed by atoms with Crippen LogP contribution in [0.3, 0.4) is 0 Å². The molecule has 0 unspecified atom stereocenters. The van der Waals surface area contributed by atoms with Crippen LogP contribution in [-0.4, -0.2) is 39.0 Å². The zero-order chi connectivity index (χ0) is 11.4. The van der Waals surface area contributed by atoms with Crippen LogP contribution in [-0.2, 0) is 6.54 Å². The maximum absolute atomic E-state index is 8.97. The van der Waals surface area contributed by atoms with E-state index in [0.29, 0.717) is 12.6 Å². The summed E-state index contributed by atoms with van der Waals surface area (Å²) in [6.45, 7) is 2.68. The quantitative estimate of drug-likeness (QED) is 0.838. The summed E-state index contributed by atoms with van der Waals surface area (Å²) in [7, 11) is 0. The lowest BCUT2D eigenvalue weighted by Gasteiger charge is -2.23. The van der Waals surface area contributed by atoms with E-state index in [1.54, 1.807) is 0 Å². The number of aliphatic hydroxyl groups is 1. The predicted octanol–water partition coefficient (Wildman–Crippen LogP) is 1.49. The van der Waals surface area contributed by atoms with Crippen LogP contribution in [0.2, 0.25) is 0 Å². The highest BCUT2D eigenvalue weighted by atomic mass is 32.2. The van der Waals surface area contributed by atoms with Gasteiger partial charge in [-0.1, -0.05) is 0 Å². The van der Waals surface area contributed by atoms with Gasteiger partial charge in [0.05, 0.1) is 18.8 Å². The van der Waals surface area contributed by atoms with Crippen molar-refractivity contribution in [3.63, 3.8) is 0 Å². The lowest BCUT2D eigenvalue weighted by Crippen LogP contribution is -2.26. The molecule has 0 spiro atoms. The van der Waals surface area contributed by atoms with Crippen LogP contribution < -0.4 is 5.32 Å². The second-order valence-electron chi connectivity index (χ2n) is 4.15. The molecular formula is C11H19N3OS. The number of rotatable bonds is 4. The van der Waals surface area contributed by atoms with E-state index in [4.69, 9.17) is 5.11 Å². The van der Waals surface area contributed by atoms with E-state index < -0.39 is 0 Å². The molecule has 2 rings (SSSR count).